The number of thiazole rings is 1. The van der Waals surface area contributed by atoms with Gasteiger partial charge in [0.05, 0.1) is 11.5 Å². The van der Waals surface area contributed by atoms with Crippen LogP contribution in [0.2, 0.25) is 5.15 Å². The van der Waals surface area contributed by atoms with E-state index in [2.05, 4.69) is 17.2 Å². The zero-order valence-corrected chi connectivity index (χ0v) is 9.53. The zero-order chi connectivity index (χ0) is 10.1. The minimum absolute atomic E-state index is 0.0318. The summed E-state index contributed by atoms with van der Waals surface area (Å²) in [6, 6.07) is 0.462. The molecule has 1 saturated carbocycles. The van der Waals surface area contributed by atoms with Crippen LogP contribution >= 0.6 is 22.9 Å². The molecule has 0 spiro atoms. The van der Waals surface area contributed by atoms with Crippen molar-refractivity contribution in [1.82, 2.24) is 4.98 Å². The molecule has 0 saturated heterocycles. The van der Waals surface area contributed by atoms with Crippen LogP contribution in [0.5, 0.6) is 0 Å². The summed E-state index contributed by atoms with van der Waals surface area (Å²) in [4.78, 5) is 4.88. The summed E-state index contributed by atoms with van der Waals surface area (Å²) in [5.74, 6) is 0.787. The molecule has 1 aromatic heterocycles. The fraction of sp³-hybridized carbons (Fsp3) is 0.667. The zero-order valence-electron chi connectivity index (χ0n) is 7.96. The Kier molecular flexibility index (Phi) is 2.95. The molecule has 0 aliphatic heterocycles. The third kappa shape index (κ3) is 2.19. The number of nitrogens with zero attached hydrogens (tertiary/aromatic N) is 1. The number of aliphatic hydroxyl groups is 1. The third-order valence-electron chi connectivity index (χ3n) is 2.47. The lowest BCUT2D eigenvalue weighted by Crippen LogP contribution is -2.16. The molecular weight excluding hydrogens is 220 g/mol. The molecule has 0 radical (unpaired) electrons. The van der Waals surface area contributed by atoms with Crippen molar-refractivity contribution < 1.29 is 5.11 Å². The molecule has 0 aromatic carbocycles. The molecule has 0 bridgehead atoms. The quantitative estimate of drug-likeness (QED) is 0.839. The van der Waals surface area contributed by atoms with Crippen LogP contribution in [0.1, 0.15) is 24.6 Å². The summed E-state index contributed by atoms with van der Waals surface area (Å²) in [6.07, 6.45) is 2.61. The Bertz CT molecular complexity index is 325. The van der Waals surface area contributed by atoms with Crippen LogP contribution in [-0.2, 0) is 6.61 Å². The number of hydrogen-bond acceptors (Lipinski definition) is 4. The van der Waals surface area contributed by atoms with Gasteiger partial charge in [-0.15, -0.1) is 0 Å². The van der Waals surface area contributed by atoms with Gasteiger partial charge in [0.1, 0.15) is 5.15 Å². The Morgan fingerprint density at radius 1 is 1.71 bits per heavy atom. The lowest BCUT2D eigenvalue weighted by Gasteiger charge is -2.10. The molecule has 5 heteroatoms. The second-order valence-corrected chi connectivity index (χ2v) is 5.10. The maximum Gasteiger partial charge on any atom is 0.184 e. The lowest BCUT2D eigenvalue weighted by atomic mass is 10.2. The van der Waals surface area contributed by atoms with Gasteiger partial charge in [0.15, 0.2) is 5.13 Å². The monoisotopic (exact) mass is 232 g/mol. The first kappa shape index (κ1) is 10.2. The number of aromatic nitrogens is 1. The molecule has 1 heterocycles. The highest BCUT2D eigenvalue weighted by Crippen LogP contribution is 2.35. The number of hydrogen-bond donors (Lipinski definition) is 2. The van der Waals surface area contributed by atoms with E-state index in [0.29, 0.717) is 11.2 Å². The largest absolute Gasteiger partial charge is 0.391 e. The molecular formula is C9H13ClN2OS. The molecule has 3 nitrogen and oxygen atoms in total. The van der Waals surface area contributed by atoms with Gasteiger partial charge in [0.2, 0.25) is 0 Å². The Morgan fingerprint density at radius 3 is 2.93 bits per heavy atom. The van der Waals surface area contributed by atoms with Crippen molar-refractivity contribution in [2.75, 3.05) is 5.32 Å². The average molecular weight is 233 g/mol. The summed E-state index contributed by atoms with van der Waals surface area (Å²) in [6.45, 7) is 2.13. The van der Waals surface area contributed by atoms with Crippen LogP contribution in [0, 0.1) is 5.92 Å². The minimum Gasteiger partial charge on any atom is -0.391 e. The third-order valence-corrected chi connectivity index (χ3v) is 3.87. The molecule has 14 heavy (non-hydrogen) atoms. The predicted molar refractivity (Wildman–Crippen MR) is 58.9 cm³/mol. The molecule has 1 aliphatic carbocycles. The normalized spacial score (nSPS) is 18.2. The molecule has 2 rings (SSSR count). The van der Waals surface area contributed by atoms with Gasteiger partial charge < -0.3 is 10.4 Å². The van der Waals surface area contributed by atoms with Crippen molar-refractivity contribution >= 4 is 28.1 Å². The van der Waals surface area contributed by atoms with E-state index < -0.39 is 0 Å². The predicted octanol–water partition coefficient (Wildman–Crippen LogP) is 2.50. The first-order valence-corrected chi connectivity index (χ1v) is 5.92. The number of aliphatic hydroxyl groups excluding tert-OH is 1. The fourth-order valence-corrected chi connectivity index (χ4v) is 2.52. The Hall–Kier alpha value is -0.320. The molecule has 78 valence electrons. The summed E-state index contributed by atoms with van der Waals surface area (Å²) >= 11 is 7.25. The SMILES string of the molecule is CC(Nc1nc(Cl)c(CO)s1)C1CC1. The van der Waals surface area contributed by atoms with E-state index in [4.69, 9.17) is 16.7 Å². The van der Waals surface area contributed by atoms with E-state index in [-0.39, 0.29) is 6.61 Å². The van der Waals surface area contributed by atoms with Gasteiger partial charge >= 0.3 is 0 Å². The van der Waals surface area contributed by atoms with Crippen LogP contribution in [0.3, 0.4) is 0 Å². The summed E-state index contributed by atoms with van der Waals surface area (Å²) in [5.41, 5.74) is 0. The van der Waals surface area contributed by atoms with Crippen molar-refractivity contribution in [1.29, 1.82) is 0 Å². The molecule has 1 aliphatic rings. The van der Waals surface area contributed by atoms with E-state index in [1.54, 1.807) is 0 Å². The van der Waals surface area contributed by atoms with E-state index in [9.17, 15) is 0 Å². The van der Waals surface area contributed by atoms with Crippen LogP contribution in [-0.4, -0.2) is 16.1 Å². The smallest absolute Gasteiger partial charge is 0.184 e. The van der Waals surface area contributed by atoms with Gasteiger partial charge in [-0.2, -0.15) is 0 Å². The topological polar surface area (TPSA) is 45.2 Å². The number of rotatable bonds is 4. The van der Waals surface area contributed by atoms with Crippen molar-refractivity contribution in [3.8, 4) is 0 Å². The maximum atomic E-state index is 8.95. The standard InChI is InChI=1S/C9H13ClN2OS/c1-5(6-2-3-6)11-9-12-8(10)7(4-13)14-9/h5-6,13H,2-4H2,1H3,(H,11,12). The van der Waals surface area contributed by atoms with E-state index >= 15 is 0 Å². The molecule has 2 N–H and O–H groups in total. The molecule has 1 atom stereocenters. The highest BCUT2D eigenvalue weighted by molar-refractivity contribution is 7.16. The van der Waals surface area contributed by atoms with Gasteiger partial charge in [-0.1, -0.05) is 22.9 Å². The van der Waals surface area contributed by atoms with Crippen molar-refractivity contribution in [3.05, 3.63) is 10.0 Å². The van der Waals surface area contributed by atoms with Crippen LogP contribution in [0.15, 0.2) is 0 Å². The van der Waals surface area contributed by atoms with Gasteiger partial charge in [0.25, 0.3) is 0 Å². The fourth-order valence-electron chi connectivity index (χ4n) is 1.40. The van der Waals surface area contributed by atoms with Gasteiger partial charge in [-0.3, -0.25) is 0 Å². The highest BCUT2D eigenvalue weighted by Gasteiger charge is 2.28. The average Bonchev–Trinajstić information content (AvgIpc) is 2.92. The van der Waals surface area contributed by atoms with Crippen molar-refractivity contribution in [3.63, 3.8) is 0 Å². The minimum atomic E-state index is -0.0318. The van der Waals surface area contributed by atoms with Gasteiger partial charge in [-0.25, -0.2) is 4.98 Å². The number of anilines is 1. The molecule has 1 unspecified atom stereocenters. The summed E-state index contributed by atoms with van der Waals surface area (Å²) in [5, 5.41) is 13.5. The number of halogens is 1. The van der Waals surface area contributed by atoms with Crippen molar-refractivity contribution in [2.24, 2.45) is 5.92 Å². The van der Waals surface area contributed by atoms with E-state index in [1.165, 1.54) is 24.2 Å². The van der Waals surface area contributed by atoms with E-state index in [1.807, 2.05) is 0 Å². The Morgan fingerprint density at radius 2 is 2.43 bits per heavy atom. The van der Waals surface area contributed by atoms with E-state index in [0.717, 1.165) is 15.9 Å². The Labute approximate surface area is 92.1 Å². The first-order chi connectivity index (χ1) is 6.70. The molecule has 1 fully saturated rings. The summed E-state index contributed by atoms with van der Waals surface area (Å²) < 4.78 is 0. The highest BCUT2D eigenvalue weighted by atomic mass is 35.5. The van der Waals surface area contributed by atoms with Gasteiger partial charge in [-0.05, 0) is 25.7 Å². The van der Waals surface area contributed by atoms with Crippen molar-refractivity contribution in [2.45, 2.75) is 32.4 Å². The summed E-state index contributed by atoms with van der Waals surface area (Å²) in [7, 11) is 0. The van der Waals surface area contributed by atoms with Crippen LogP contribution in [0.25, 0.3) is 0 Å². The Balaban J connectivity index is 2.01. The maximum absolute atomic E-state index is 8.95. The van der Waals surface area contributed by atoms with Gasteiger partial charge in [0, 0.05) is 6.04 Å². The number of nitrogens with one attached hydrogen (secondary N) is 1. The molecule has 0 amide bonds. The van der Waals surface area contributed by atoms with Crippen LogP contribution < -0.4 is 5.32 Å². The first-order valence-electron chi connectivity index (χ1n) is 4.73. The lowest BCUT2D eigenvalue weighted by molar-refractivity contribution is 0.285. The molecule has 1 aromatic rings. The second kappa shape index (κ2) is 4.04. The van der Waals surface area contributed by atoms with Crippen LogP contribution in [0.4, 0.5) is 5.13 Å². The second-order valence-electron chi connectivity index (χ2n) is 3.66.